The lowest BCUT2D eigenvalue weighted by Crippen LogP contribution is -2.40. The molecular weight excluding hydrogens is 299 g/mol. The van der Waals surface area contributed by atoms with Gasteiger partial charge >= 0.3 is 0 Å². The number of aromatic nitrogens is 1. The summed E-state index contributed by atoms with van der Waals surface area (Å²) in [7, 11) is 0. The highest BCUT2D eigenvalue weighted by molar-refractivity contribution is 9.10. The molecule has 1 aliphatic rings. The minimum Gasteiger partial charge on any atom is -0.388 e. The van der Waals surface area contributed by atoms with Crippen molar-refractivity contribution in [3.05, 3.63) is 22.6 Å². The fourth-order valence-corrected chi connectivity index (χ4v) is 2.57. The number of nitrogens with one attached hydrogen (secondary N) is 1. The average molecular weight is 317 g/mol. The minimum atomic E-state index is -0.728. The predicted octanol–water partition coefficient (Wildman–Crippen LogP) is 3.34. The third-order valence-electron chi connectivity index (χ3n) is 3.60. The first kappa shape index (κ1) is 13.7. The molecule has 2 rings (SSSR count). The quantitative estimate of drug-likeness (QED) is 0.899. The summed E-state index contributed by atoms with van der Waals surface area (Å²) in [5.41, 5.74) is -0.728. The minimum absolute atomic E-state index is 0.199. The first-order valence-corrected chi connectivity index (χ1v) is 7.05. The summed E-state index contributed by atoms with van der Waals surface area (Å²) in [4.78, 5) is 3.96. The van der Waals surface area contributed by atoms with Crippen LogP contribution in [0, 0.1) is 11.7 Å². The number of halogens is 2. The van der Waals surface area contributed by atoms with Gasteiger partial charge in [-0.2, -0.15) is 0 Å². The molecule has 0 bridgehead atoms. The van der Waals surface area contributed by atoms with E-state index in [0.717, 1.165) is 25.7 Å². The van der Waals surface area contributed by atoms with Crippen molar-refractivity contribution in [2.75, 3.05) is 11.9 Å². The second-order valence-corrected chi connectivity index (χ2v) is 6.16. The predicted molar refractivity (Wildman–Crippen MR) is 73.0 cm³/mol. The maximum absolute atomic E-state index is 13.6. The van der Waals surface area contributed by atoms with Crippen LogP contribution in [-0.4, -0.2) is 22.2 Å². The molecule has 0 amide bonds. The molecule has 0 atom stereocenters. The molecule has 1 saturated carbocycles. The summed E-state index contributed by atoms with van der Waals surface area (Å²) in [6, 6.07) is 1.36. The maximum atomic E-state index is 13.6. The number of anilines is 1. The average Bonchev–Trinajstić information content (AvgIpc) is 2.32. The smallest absolute Gasteiger partial charge is 0.166 e. The SMILES string of the molecule is CC1CCC(O)(CNc2ncc(Br)cc2F)CC1. The highest BCUT2D eigenvalue weighted by Gasteiger charge is 2.31. The molecule has 2 N–H and O–H groups in total. The van der Waals surface area contributed by atoms with Crippen LogP contribution in [-0.2, 0) is 0 Å². The van der Waals surface area contributed by atoms with Gasteiger partial charge < -0.3 is 10.4 Å². The molecule has 5 heteroatoms. The Morgan fingerprint density at radius 3 is 2.83 bits per heavy atom. The molecule has 1 heterocycles. The van der Waals surface area contributed by atoms with E-state index in [1.807, 2.05) is 0 Å². The third kappa shape index (κ3) is 3.42. The second kappa shape index (κ2) is 5.53. The number of rotatable bonds is 3. The summed E-state index contributed by atoms with van der Waals surface area (Å²) in [5, 5.41) is 13.3. The van der Waals surface area contributed by atoms with E-state index in [9.17, 15) is 9.50 Å². The van der Waals surface area contributed by atoms with Gasteiger partial charge in [-0.1, -0.05) is 6.92 Å². The van der Waals surface area contributed by atoms with E-state index >= 15 is 0 Å². The normalized spacial score (nSPS) is 28.1. The monoisotopic (exact) mass is 316 g/mol. The molecule has 1 aromatic rings. The molecule has 0 saturated heterocycles. The van der Waals surface area contributed by atoms with Gasteiger partial charge in [-0.3, -0.25) is 0 Å². The lowest BCUT2D eigenvalue weighted by molar-refractivity contribution is 0.00490. The molecule has 1 aromatic heterocycles. The Hall–Kier alpha value is -0.680. The van der Waals surface area contributed by atoms with Crippen LogP contribution in [0.1, 0.15) is 32.6 Å². The van der Waals surface area contributed by atoms with E-state index in [-0.39, 0.29) is 5.82 Å². The molecule has 100 valence electrons. The van der Waals surface area contributed by atoms with E-state index in [4.69, 9.17) is 0 Å². The van der Waals surface area contributed by atoms with Crippen LogP contribution in [0.3, 0.4) is 0 Å². The fourth-order valence-electron chi connectivity index (χ4n) is 2.27. The topological polar surface area (TPSA) is 45.1 Å². The van der Waals surface area contributed by atoms with E-state index in [0.29, 0.717) is 16.9 Å². The molecule has 0 spiro atoms. The molecule has 0 unspecified atom stereocenters. The maximum Gasteiger partial charge on any atom is 0.166 e. The zero-order valence-corrected chi connectivity index (χ0v) is 12.0. The van der Waals surface area contributed by atoms with Crippen LogP contribution >= 0.6 is 15.9 Å². The van der Waals surface area contributed by atoms with Crippen molar-refractivity contribution in [1.29, 1.82) is 0 Å². The standard InChI is InChI=1S/C13H18BrFN2O/c1-9-2-4-13(18,5-3-9)8-17-12-11(15)6-10(14)7-16-12/h6-7,9,18H,2-5,8H2,1H3,(H,16,17). The van der Waals surface area contributed by atoms with E-state index < -0.39 is 11.4 Å². The highest BCUT2D eigenvalue weighted by Crippen LogP contribution is 2.32. The molecule has 0 aromatic carbocycles. The zero-order chi connectivity index (χ0) is 13.2. The van der Waals surface area contributed by atoms with Gasteiger partial charge in [0.25, 0.3) is 0 Å². The van der Waals surface area contributed by atoms with Gasteiger partial charge in [0.05, 0.1) is 5.60 Å². The van der Waals surface area contributed by atoms with Crippen LogP contribution in [0.2, 0.25) is 0 Å². The lowest BCUT2D eigenvalue weighted by Gasteiger charge is -2.35. The van der Waals surface area contributed by atoms with Gasteiger partial charge in [0, 0.05) is 17.2 Å². The van der Waals surface area contributed by atoms with Gasteiger partial charge in [-0.15, -0.1) is 0 Å². The van der Waals surface area contributed by atoms with Crippen molar-refractivity contribution in [2.45, 2.75) is 38.2 Å². The lowest BCUT2D eigenvalue weighted by atomic mass is 9.79. The van der Waals surface area contributed by atoms with E-state index in [2.05, 4.69) is 33.2 Å². The molecule has 1 fully saturated rings. The number of nitrogens with zero attached hydrogens (tertiary/aromatic N) is 1. The van der Waals surface area contributed by atoms with Crippen molar-refractivity contribution in [3.8, 4) is 0 Å². The van der Waals surface area contributed by atoms with Crippen molar-refractivity contribution in [3.63, 3.8) is 0 Å². The number of aliphatic hydroxyl groups is 1. The van der Waals surface area contributed by atoms with Crippen LogP contribution in [0.25, 0.3) is 0 Å². The Morgan fingerprint density at radius 2 is 2.22 bits per heavy atom. The van der Waals surface area contributed by atoms with Crippen molar-refractivity contribution in [1.82, 2.24) is 4.98 Å². The fraction of sp³-hybridized carbons (Fsp3) is 0.615. The van der Waals surface area contributed by atoms with Crippen LogP contribution in [0.4, 0.5) is 10.2 Å². The molecular formula is C13H18BrFN2O. The van der Waals surface area contributed by atoms with Gasteiger partial charge in [0.15, 0.2) is 11.6 Å². The van der Waals surface area contributed by atoms with E-state index in [1.54, 1.807) is 6.20 Å². The van der Waals surface area contributed by atoms with E-state index in [1.165, 1.54) is 6.07 Å². The molecule has 3 nitrogen and oxygen atoms in total. The van der Waals surface area contributed by atoms with Crippen molar-refractivity contribution >= 4 is 21.7 Å². The van der Waals surface area contributed by atoms with Crippen LogP contribution in [0.5, 0.6) is 0 Å². The summed E-state index contributed by atoms with van der Waals surface area (Å²) in [6.45, 7) is 2.55. The Morgan fingerprint density at radius 1 is 1.56 bits per heavy atom. The highest BCUT2D eigenvalue weighted by atomic mass is 79.9. The van der Waals surface area contributed by atoms with Gasteiger partial charge in [-0.25, -0.2) is 9.37 Å². The summed E-state index contributed by atoms with van der Waals surface area (Å²) in [5.74, 6) is 0.468. The van der Waals surface area contributed by atoms with Crippen LogP contribution in [0.15, 0.2) is 16.7 Å². The molecule has 0 radical (unpaired) electrons. The first-order valence-electron chi connectivity index (χ1n) is 6.26. The number of pyridine rings is 1. The Balaban J connectivity index is 1.94. The van der Waals surface area contributed by atoms with Crippen LogP contribution < -0.4 is 5.32 Å². The third-order valence-corrected chi connectivity index (χ3v) is 4.03. The Bertz CT molecular complexity index is 419. The Labute approximate surface area is 115 Å². The van der Waals surface area contributed by atoms with Gasteiger partial charge in [0.2, 0.25) is 0 Å². The van der Waals surface area contributed by atoms with Gasteiger partial charge in [0.1, 0.15) is 0 Å². The largest absolute Gasteiger partial charge is 0.388 e. The Kier molecular flexibility index (Phi) is 4.22. The van der Waals surface area contributed by atoms with Gasteiger partial charge in [-0.05, 0) is 53.6 Å². The summed E-state index contributed by atoms with van der Waals surface area (Å²) < 4.78 is 14.2. The van der Waals surface area contributed by atoms with Crippen molar-refractivity contribution in [2.24, 2.45) is 5.92 Å². The molecule has 0 aliphatic heterocycles. The summed E-state index contributed by atoms with van der Waals surface area (Å²) in [6.07, 6.45) is 5.11. The molecule has 1 aliphatic carbocycles. The number of hydrogen-bond acceptors (Lipinski definition) is 3. The van der Waals surface area contributed by atoms with Crippen molar-refractivity contribution < 1.29 is 9.50 Å². The molecule has 18 heavy (non-hydrogen) atoms. The first-order chi connectivity index (χ1) is 8.48. The summed E-state index contributed by atoms with van der Waals surface area (Å²) >= 11 is 3.16. The second-order valence-electron chi connectivity index (χ2n) is 5.24. The zero-order valence-electron chi connectivity index (χ0n) is 10.4. The number of hydrogen-bond donors (Lipinski definition) is 2.